The van der Waals surface area contributed by atoms with Gasteiger partial charge in [0.1, 0.15) is 5.60 Å². The number of aromatic nitrogens is 1. The summed E-state index contributed by atoms with van der Waals surface area (Å²) in [5, 5.41) is 0. The van der Waals surface area contributed by atoms with E-state index in [0.717, 1.165) is 51.6 Å². The Morgan fingerprint density at radius 3 is 2.92 bits per heavy atom. The van der Waals surface area contributed by atoms with Crippen LogP contribution in [0.5, 0.6) is 0 Å². The minimum absolute atomic E-state index is 0.115. The zero-order valence-corrected chi connectivity index (χ0v) is 14.5. The summed E-state index contributed by atoms with van der Waals surface area (Å²) in [6.07, 6.45) is 5.72. The lowest BCUT2D eigenvalue weighted by Gasteiger charge is -2.31. The standard InChI is InChI=1S/C19H29N3O2/c1-2-6-20-18(5-1)13-22-9-10-23-16-19(15-22)11-17(14-24-19)12-21-7-3-4-8-21/h1-2,5-6,17H,3-4,7-16H2/t17-,19-/m1/s1. The van der Waals surface area contributed by atoms with E-state index in [2.05, 4.69) is 26.9 Å². The average Bonchev–Trinajstić information content (AvgIpc) is 3.19. The number of ether oxygens (including phenoxy) is 2. The maximum absolute atomic E-state index is 6.34. The average molecular weight is 331 g/mol. The van der Waals surface area contributed by atoms with Crippen LogP contribution in [0.2, 0.25) is 0 Å². The molecular weight excluding hydrogens is 302 g/mol. The third kappa shape index (κ3) is 3.97. The second-order valence-electron chi connectivity index (χ2n) is 7.66. The van der Waals surface area contributed by atoms with Gasteiger partial charge in [-0.1, -0.05) is 6.07 Å². The van der Waals surface area contributed by atoms with E-state index in [-0.39, 0.29) is 5.60 Å². The number of nitrogens with zero attached hydrogens (tertiary/aromatic N) is 3. The van der Waals surface area contributed by atoms with E-state index in [4.69, 9.17) is 9.47 Å². The first-order valence-electron chi connectivity index (χ1n) is 9.38. The Bertz CT molecular complexity index is 521. The predicted molar refractivity (Wildman–Crippen MR) is 92.8 cm³/mol. The summed E-state index contributed by atoms with van der Waals surface area (Å²) in [4.78, 5) is 9.53. The molecule has 1 aromatic rings. The molecule has 0 saturated carbocycles. The summed E-state index contributed by atoms with van der Waals surface area (Å²) in [6, 6.07) is 6.13. The van der Waals surface area contributed by atoms with E-state index in [1.165, 1.54) is 32.5 Å². The Balaban J connectivity index is 1.37. The molecule has 0 radical (unpaired) electrons. The SMILES string of the molecule is c1ccc(CN2CCOC[C@@]3(C[C@H](CN4CCCC4)CO3)C2)nc1. The second kappa shape index (κ2) is 7.48. The lowest BCUT2D eigenvalue weighted by atomic mass is 9.94. The van der Waals surface area contributed by atoms with Gasteiger partial charge in [-0.3, -0.25) is 9.88 Å². The molecule has 4 heterocycles. The first-order valence-corrected chi connectivity index (χ1v) is 9.38. The van der Waals surface area contributed by atoms with Crippen LogP contribution in [0.4, 0.5) is 0 Å². The van der Waals surface area contributed by atoms with Crippen molar-refractivity contribution in [2.75, 3.05) is 52.5 Å². The summed E-state index contributed by atoms with van der Waals surface area (Å²) in [7, 11) is 0. The highest BCUT2D eigenvalue weighted by atomic mass is 16.5. The van der Waals surface area contributed by atoms with Crippen molar-refractivity contribution < 1.29 is 9.47 Å². The van der Waals surface area contributed by atoms with Gasteiger partial charge in [0, 0.05) is 32.4 Å². The maximum atomic E-state index is 6.34. The zero-order chi connectivity index (χ0) is 16.2. The zero-order valence-electron chi connectivity index (χ0n) is 14.5. The van der Waals surface area contributed by atoms with Gasteiger partial charge in [0.15, 0.2) is 0 Å². The fourth-order valence-corrected chi connectivity index (χ4v) is 4.44. The molecular formula is C19H29N3O2. The number of pyridine rings is 1. The van der Waals surface area contributed by atoms with Crippen LogP contribution >= 0.6 is 0 Å². The molecule has 0 aromatic carbocycles. The van der Waals surface area contributed by atoms with Crippen LogP contribution in [0, 0.1) is 5.92 Å². The van der Waals surface area contributed by atoms with Crippen molar-refractivity contribution in [2.24, 2.45) is 5.92 Å². The van der Waals surface area contributed by atoms with Gasteiger partial charge in [0.05, 0.1) is 25.5 Å². The topological polar surface area (TPSA) is 37.8 Å². The van der Waals surface area contributed by atoms with Crippen molar-refractivity contribution in [3.05, 3.63) is 30.1 Å². The summed E-state index contributed by atoms with van der Waals surface area (Å²) < 4.78 is 12.3. The molecule has 5 heteroatoms. The quantitative estimate of drug-likeness (QED) is 0.841. The van der Waals surface area contributed by atoms with Gasteiger partial charge in [0.2, 0.25) is 0 Å². The van der Waals surface area contributed by atoms with E-state index in [1.807, 2.05) is 12.3 Å². The molecule has 3 aliphatic rings. The molecule has 0 bridgehead atoms. The number of rotatable bonds is 4. The maximum Gasteiger partial charge on any atom is 0.104 e. The number of hydrogen-bond acceptors (Lipinski definition) is 5. The molecule has 3 saturated heterocycles. The van der Waals surface area contributed by atoms with Gasteiger partial charge in [-0.25, -0.2) is 0 Å². The van der Waals surface area contributed by atoms with Crippen LogP contribution in [-0.2, 0) is 16.0 Å². The Morgan fingerprint density at radius 1 is 1.17 bits per heavy atom. The first kappa shape index (κ1) is 16.5. The highest BCUT2D eigenvalue weighted by Gasteiger charge is 2.43. The molecule has 3 aliphatic heterocycles. The van der Waals surface area contributed by atoms with Crippen molar-refractivity contribution in [3.8, 4) is 0 Å². The molecule has 4 rings (SSSR count). The highest BCUT2D eigenvalue weighted by molar-refractivity contribution is 5.04. The Hall–Kier alpha value is -1.01. The van der Waals surface area contributed by atoms with Crippen molar-refractivity contribution >= 4 is 0 Å². The normalized spacial score (nSPS) is 32.4. The molecule has 24 heavy (non-hydrogen) atoms. The van der Waals surface area contributed by atoms with Crippen molar-refractivity contribution in [2.45, 2.75) is 31.4 Å². The van der Waals surface area contributed by atoms with Gasteiger partial charge in [0.25, 0.3) is 0 Å². The third-order valence-corrected chi connectivity index (χ3v) is 5.54. The Labute approximate surface area is 144 Å². The molecule has 1 aromatic heterocycles. The highest BCUT2D eigenvalue weighted by Crippen LogP contribution is 2.34. The monoisotopic (exact) mass is 331 g/mol. The van der Waals surface area contributed by atoms with Crippen LogP contribution in [0.15, 0.2) is 24.4 Å². The minimum atomic E-state index is -0.115. The van der Waals surface area contributed by atoms with E-state index in [1.54, 1.807) is 0 Å². The van der Waals surface area contributed by atoms with Crippen molar-refractivity contribution in [1.29, 1.82) is 0 Å². The molecule has 0 amide bonds. The Morgan fingerprint density at radius 2 is 2.08 bits per heavy atom. The minimum Gasteiger partial charge on any atom is -0.377 e. The van der Waals surface area contributed by atoms with E-state index in [9.17, 15) is 0 Å². The largest absolute Gasteiger partial charge is 0.377 e. The van der Waals surface area contributed by atoms with Gasteiger partial charge < -0.3 is 14.4 Å². The van der Waals surface area contributed by atoms with E-state index in [0.29, 0.717) is 5.92 Å². The van der Waals surface area contributed by atoms with Crippen molar-refractivity contribution in [1.82, 2.24) is 14.8 Å². The number of hydrogen-bond donors (Lipinski definition) is 0. The summed E-state index contributed by atoms with van der Waals surface area (Å²) in [6.45, 7) is 8.94. The van der Waals surface area contributed by atoms with Crippen LogP contribution in [0.3, 0.4) is 0 Å². The Kier molecular flexibility index (Phi) is 5.13. The molecule has 0 N–H and O–H groups in total. The number of likely N-dealkylation sites (tertiary alicyclic amines) is 1. The fourth-order valence-electron chi connectivity index (χ4n) is 4.44. The summed E-state index contributed by atoms with van der Waals surface area (Å²) >= 11 is 0. The molecule has 3 fully saturated rings. The van der Waals surface area contributed by atoms with Gasteiger partial charge in [-0.15, -0.1) is 0 Å². The lowest BCUT2D eigenvalue weighted by molar-refractivity contribution is -0.0563. The van der Waals surface area contributed by atoms with Gasteiger partial charge in [-0.2, -0.15) is 0 Å². The molecule has 0 unspecified atom stereocenters. The van der Waals surface area contributed by atoms with Crippen LogP contribution < -0.4 is 0 Å². The molecule has 0 aliphatic carbocycles. The van der Waals surface area contributed by atoms with Crippen LogP contribution in [-0.4, -0.2) is 72.9 Å². The van der Waals surface area contributed by atoms with Crippen molar-refractivity contribution in [3.63, 3.8) is 0 Å². The summed E-state index contributed by atoms with van der Waals surface area (Å²) in [5.41, 5.74) is 1.01. The smallest absolute Gasteiger partial charge is 0.104 e. The second-order valence-corrected chi connectivity index (χ2v) is 7.66. The van der Waals surface area contributed by atoms with Crippen LogP contribution in [0.1, 0.15) is 25.0 Å². The fraction of sp³-hybridized carbons (Fsp3) is 0.737. The lowest BCUT2D eigenvalue weighted by Crippen LogP contribution is -2.44. The molecule has 132 valence electrons. The van der Waals surface area contributed by atoms with E-state index >= 15 is 0 Å². The van der Waals surface area contributed by atoms with Gasteiger partial charge in [-0.05, 0) is 50.4 Å². The third-order valence-electron chi connectivity index (χ3n) is 5.54. The predicted octanol–water partition coefficient (Wildman–Crippen LogP) is 1.78. The molecule has 2 atom stereocenters. The van der Waals surface area contributed by atoms with Crippen LogP contribution in [0.25, 0.3) is 0 Å². The summed E-state index contributed by atoms with van der Waals surface area (Å²) in [5.74, 6) is 0.654. The molecule has 5 nitrogen and oxygen atoms in total. The first-order chi connectivity index (χ1) is 11.8. The van der Waals surface area contributed by atoms with E-state index < -0.39 is 0 Å². The van der Waals surface area contributed by atoms with Gasteiger partial charge >= 0.3 is 0 Å². The molecule has 1 spiro atoms.